The highest BCUT2D eigenvalue weighted by Crippen LogP contribution is 2.36. The molecule has 3 N–H and O–H groups in total. The quantitative estimate of drug-likeness (QED) is 0.663. The summed E-state index contributed by atoms with van der Waals surface area (Å²) in [7, 11) is 0. The largest absolute Gasteiger partial charge is 0.397 e. The van der Waals surface area contributed by atoms with E-state index in [0.29, 0.717) is 29.0 Å². The van der Waals surface area contributed by atoms with Gasteiger partial charge in [0.25, 0.3) is 5.91 Å². The number of benzene rings is 2. The van der Waals surface area contributed by atoms with Gasteiger partial charge in [-0.15, -0.1) is 0 Å². The highest BCUT2D eigenvalue weighted by atomic mass is 79.9. The van der Waals surface area contributed by atoms with Crippen LogP contribution in [0, 0.1) is 6.92 Å². The minimum Gasteiger partial charge on any atom is -0.397 e. The summed E-state index contributed by atoms with van der Waals surface area (Å²) in [5, 5.41) is 2.98. The van der Waals surface area contributed by atoms with Crippen LogP contribution in [-0.4, -0.2) is 18.0 Å². The lowest BCUT2D eigenvalue weighted by atomic mass is 9.95. The van der Waals surface area contributed by atoms with E-state index in [2.05, 4.69) is 46.9 Å². The van der Waals surface area contributed by atoms with Crippen LogP contribution in [-0.2, 0) is 0 Å². The maximum atomic E-state index is 12.6. The van der Waals surface area contributed by atoms with Gasteiger partial charge >= 0.3 is 0 Å². The number of nitrogens with zero attached hydrogens (tertiary/aromatic N) is 1. The summed E-state index contributed by atoms with van der Waals surface area (Å²) in [6.45, 7) is 6.62. The molecule has 26 heavy (non-hydrogen) atoms. The van der Waals surface area contributed by atoms with Crippen molar-refractivity contribution in [1.82, 2.24) is 0 Å². The highest BCUT2D eigenvalue weighted by Gasteiger charge is 2.26. The lowest BCUT2D eigenvalue weighted by Crippen LogP contribution is -2.44. The molecule has 1 saturated heterocycles. The van der Waals surface area contributed by atoms with Crippen LogP contribution in [0.15, 0.2) is 40.9 Å². The molecule has 0 aromatic heterocycles. The Hall–Kier alpha value is -2.01. The predicted octanol–water partition coefficient (Wildman–Crippen LogP) is 5.36. The fraction of sp³-hybridized carbons (Fsp3) is 0.381. The molecule has 4 nitrogen and oxygen atoms in total. The van der Waals surface area contributed by atoms with Crippen molar-refractivity contribution in [3.05, 3.63) is 52.0 Å². The van der Waals surface area contributed by atoms with Gasteiger partial charge in [0, 0.05) is 27.8 Å². The summed E-state index contributed by atoms with van der Waals surface area (Å²) in [6.07, 6.45) is 3.64. The summed E-state index contributed by atoms with van der Waals surface area (Å²) in [5.74, 6) is -0.154. The van der Waals surface area contributed by atoms with Gasteiger partial charge < -0.3 is 16.0 Å². The number of amides is 1. The Morgan fingerprint density at radius 2 is 1.77 bits per heavy atom. The first-order chi connectivity index (χ1) is 12.4. The van der Waals surface area contributed by atoms with Gasteiger partial charge in [0.1, 0.15) is 0 Å². The maximum absolute atomic E-state index is 12.6. The molecule has 1 fully saturated rings. The lowest BCUT2D eigenvalue weighted by Gasteiger charge is -2.42. The monoisotopic (exact) mass is 415 g/mol. The van der Waals surface area contributed by atoms with Gasteiger partial charge in [-0.3, -0.25) is 4.79 Å². The Balaban J connectivity index is 1.90. The smallest absolute Gasteiger partial charge is 0.255 e. The van der Waals surface area contributed by atoms with Crippen molar-refractivity contribution in [2.75, 3.05) is 16.0 Å². The molecule has 138 valence electrons. The van der Waals surface area contributed by atoms with Crippen molar-refractivity contribution in [3.63, 3.8) is 0 Å². The first-order valence-corrected chi connectivity index (χ1v) is 9.91. The number of nitrogens with one attached hydrogen (secondary N) is 1. The van der Waals surface area contributed by atoms with Crippen LogP contribution in [0.3, 0.4) is 0 Å². The number of piperidine rings is 1. The van der Waals surface area contributed by atoms with E-state index in [4.69, 9.17) is 5.73 Å². The molecule has 5 heteroatoms. The Morgan fingerprint density at radius 1 is 1.15 bits per heavy atom. The van der Waals surface area contributed by atoms with Crippen molar-refractivity contribution >= 4 is 38.9 Å². The number of aryl methyl sites for hydroxylation is 1. The Labute approximate surface area is 163 Å². The predicted molar refractivity (Wildman–Crippen MR) is 113 cm³/mol. The van der Waals surface area contributed by atoms with Crippen molar-refractivity contribution in [2.24, 2.45) is 0 Å². The maximum Gasteiger partial charge on any atom is 0.255 e. The van der Waals surface area contributed by atoms with Gasteiger partial charge in [-0.25, -0.2) is 0 Å². The molecule has 0 spiro atoms. The van der Waals surface area contributed by atoms with E-state index < -0.39 is 0 Å². The number of halogens is 1. The first-order valence-electron chi connectivity index (χ1n) is 9.12. The lowest BCUT2D eigenvalue weighted by molar-refractivity contribution is 0.102. The zero-order chi connectivity index (χ0) is 18.8. The van der Waals surface area contributed by atoms with E-state index in [0.717, 1.165) is 15.7 Å². The Morgan fingerprint density at radius 3 is 2.38 bits per heavy atom. The topological polar surface area (TPSA) is 58.4 Å². The van der Waals surface area contributed by atoms with Gasteiger partial charge in [-0.1, -0.05) is 15.9 Å². The second-order valence-electron chi connectivity index (χ2n) is 7.22. The molecule has 0 saturated carbocycles. The van der Waals surface area contributed by atoms with E-state index in [1.54, 1.807) is 12.1 Å². The number of carbonyl (C=O) groups excluding carboxylic acids is 1. The number of hydrogen-bond donors (Lipinski definition) is 2. The SMILES string of the molecule is Cc1cc(N)c(NC(=O)c2ccc(Br)cc2)cc1N1[C@H](C)CCC[C@H]1C. The molecule has 0 unspecified atom stereocenters. The normalized spacial score (nSPS) is 20.1. The number of anilines is 3. The second-order valence-corrected chi connectivity index (χ2v) is 8.14. The Bertz CT molecular complexity index is 794. The minimum absolute atomic E-state index is 0.154. The summed E-state index contributed by atoms with van der Waals surface area (Å²) in [6, 6.07) is 12.2. The molecule has 1 heterocycles. The molecule has 2 aromatic carbocycles. The van der Waals surface area contributed by atoms with Crippen LogP contribution in [0.25, 0.3) is 0 Å². The number of carbonyl (C=O) groups is 1. The molecule has 0 aliphatic carbocycles. The van der Waals surface area contributed by atoms with E-state index in [9.17, 15) is 4.79 Å². The Kier molecular flexibility index (Phi) is 5.56. The molecule has 1 aliphatic heterocycles. The number of hydrogen-bond acceptors (Lipinski definition) is 3. The third kappa shape index (κ3) is 3.88. The standard InChI is InChI=1S/C21H26BrN3O/c1-13-11-18(23)19(24-21(26)16-7-9-17(22)10-8-16)12-20(13)25-14(2)5-4-6-15(25)3/h7-12,14-15H,4-6,23H2,1-3H3,(H,24,26)/t14-,15-/m1/s1. The molecule has 0 bridgehead atoms. The van der Waals surface area contributed by atoms with Gasteiger partial charge in [0.15, 0.2) is 0 Å². The van der Waals surface area contributed by atoms with Gasteiger partial charge in [0.2, 0.25) is 0 Å². The van der Waals surface area contributed by atoms with Gasteiger partial charge in [-0.05, 0) is 82.0 Å². The number of nitrogen functional groups attached to an aromatic ring is 1. The van der Waals surface area contributed by atoms with Crippen LogP contribution in [0.1, 0.15) is 49.0 Å². The van der Waals surface area contributed by atoms with Crippen molar-refractivity contribution in [3.8, 4) is 0 Å². The summed E-state index contributed by atoms with van der Waals surface area (Å²) in [4.78, 5) is 15.0. The summed E-state index contributed by atoms with van der Waals surface area (Å²) in [5.41, 5.74) is 10.4. The highest BCUT2D eigenvalue weighted by molar-refractivity contribution is 9.10. The van der Waals surface area contributed by atoms with E-state index in [1.165, 1.54) is 19.3 Å². The first kappa shape index (κ1) is 18.8. The van der Waals surface area contributed by atoms with Crippen molar-refractivity contribution in [1.29, 1.82) is 0 Å². The van der Waals surface area contributed by atoms with E-state index >= 15 is 0 Å². The van der Waals surface area contributed by atoms with Crippen LogP contribution in [0.5, 0.6) is 0 Å². The van der Waals surface area contributed by atoms with Crippen molar-refractivity contribution < 1.29 is 4.79 Å². The average Bonchev–Trinajstić information content (AvgIpc) is 2.59. The average molecular weight is 416 g/mol. The molecule has 3 rings (SSSR count). The third-order valence-electron chi connectivity index (χ3n) is 5.19. The van der Waals surface area contributed by atoms with Crippen molar-refractivity contribution in [2.45, 2.75) is 52.1 Å². The van der Waals surface area contributed by atoms with Gasteiger partial charge in [0.05, 0.1) is 11.4 Å². The molecule has 0 radical (unpaired) electrons. The van der Waals surface area contributed by atoms with E-state index in [-0.39, 0.29) is 5.91 Å². The van der Waals surface area contributed by atoms with Crippen LogP contribution >= 0.6 is 15.9 Å². The second kappa shape index (κ2) is 7.70. The molecular weight excluding hydrogens is 390 g/mol. The molecule has 1 amide bonds. The minimum atomic E-state index is -0.154. The molecule has 2 atom stereocenters. The summed E-state index contributed by atoms with van der Waals surface area (Å²) >= 11 is 3.39. The molecule has 1 aliphatic rings. The van der Waals surface area contributed by atoms with Gasteiger partial charge in [-0.2, -0.15) is 0 Å². The van der Waals surface area contributed by atoms with Crippen LogP contribution in [0.2, 0.25) is 0 Å². The summed E-state index contributed by atoms with van der Waals surface area (Å²) < 4.78 is 0.944. The molecule has 2 aromatic rings. The third-order valence-corrected chi connectivity index (χ3v) is 5.72. The van der Waals surface area contributed by atoms with Crippen LogP contribution < -0.4 is 16.0 Å². The fourth-order valence-electron chi connectivity index (χ4n) is 3.80. The zero-order valence-electron chi connectivity index (χ0n) is 15.6. The zero-order valence-corrected chi connectivity index (χ0v) is 17.1. The number of rotatable bonds is 3. The number of nitrogens with two attached hydrogens (primary N) is 1. The fourth-order valence-corrected chi connectivity index (χ4v) is 4.06. The van der Waals surface area contributed by atoms with Crippen LogP contribution in [0.4, 0.5) is 17.1 Å². The van der Waals surface area contributed by atoms with E-state index in [1.807, 2.05) is 24.3 Å². The molecular formula is C21H26BrN3O.